The van der Waals surface area contributed by atoms with E-state index in [1.165, 1.54) is 18.4 Å². The van der Waals surface area contributed by atoms with E-state index in [9.17, 15) is 13.6 Å². The van der Waals surface area contributed by atoms with Crippen LogP contribution in [0.25, 0.3) is 11.3 Å². The standard InChI is InChI=1S/C22H21F2N3O2/c23-18-6-2-1-5-17(18)22-16(15-29-25-22)9-10-21(28)27-13-11-26(12-14-27)20-8-4-3-7-19(20)24/h1-8,15H,9-14H2. The number of anilines is 1. The normalized spacial score (nSPS) is 14.3. The van der Waals surface area contributed by atoms with Crippen LogP contribution in [0.3, 0.4) is 0 Å². The molecule has 2 aromatic carbocycles. The van der Waals surface area contributed by atoms with Crippen molar-refractivity contribution >= 4 is 11.6 Å². The van der Waals surface area contributed by atoms with Gasteiger partial charge in [-0.25, -0.2) is 8.78 Å². The number of para-hydroxylation sites is 1. The lowest BCUT2D eigenvalue weighted by Gasteiger charge is -2.36. The summed E-state index contributed by atoms with van der Waals surface area (Å²) in [6.45, 7) is 2.24. The van der Waals surface area contributed by atoms with Crippen LogP contribution in [0.5, 0.6) is 0 Å². The second-order valence-electron chi connectivity index (χ2n) is 6.99. The van der Waals surface area contributed by atoms with Crippen LogP contribution in [0.4, 0.5) is 14.5 Å². The zero-order chi connectivity index (χ0) is 20.2. The number of amides is 1. The van der Waals surface area contributed by atoms with Crippen molar-refractivity contribution in [3.63, 3.8) is 0 Å². The lowest BCUT2D eigenvalue weighted by Crippen LogP contribution is -2.49. The third-order valence-electron chi connectivity index (χ3n) is 5.21. The lowest BCUT2D eigenvalue weighted by molar-refractivity contribution is -0.131. The number of carbonyl (C=O) groups excluding carboxylic acids is 1. The van der Waals surface area contributed by atoms with Gasteiger partial charge in [0.2, 0.25) is 5.91 Å². The van der Waals surface area contributed by atoms with Gasteiger partial charge in [-0.1, -0.05) is 29.4 Å². The van der Waals surface area contributed by atoms with E-state index < -0.39 is 0 Å². The molecule has 7 heteroatoms. The molecule has 0 aliphatic carbocycles. The predicted molar refractivity (Wildman–Crippen MR) is 105 cm³/mol. The van der Waals surface area contributed by atoms with Gasteiger partial charge in [-0.05, 0) is 30.7 Å². The van der Waals surface area contributed by atoms with E-state index in [1.54, 1.807) is 35.2 Å². The summed E-state index contributed by atoms with van der Waals surface area (Å²) in [5.41, 5.74) is 2.06. The Morgan fingerprint density at radius 2 is 1.66 bits per heavy atom. The lowest BCUT2D eigenvalue weighted by atomic mass is 10.0. The Kier molecular flexibility index (Phi) is 5.55. The first kappa shape index (κ1) is 19.1. The number of nitrogens with zero attached hydrogens (tertiary/aromatic N) is 3. The van der Waals surface area contributed by atoms with Gasteiger partial charge in [-0.15, -0.1) is 0 Å². The molecule has 1 saturated heterocycles. The van der Waals surface area contributed by atoms with E-state index in [4.69, 9.17) is 4.52 Å². The minimum absolute atomic E-state index is 0.0128. The summed E-state index contributed by atoms with van der Waals surface area (Å²) in [5.74, 6) is -0.613. The SMILES string of the molecule is O=C(CCc1conc1-c1ccccc1F)N1CCN(c2ccccc2F)CC1. The van der Waals surface area contributed by atoms with Gasteiger partial charge in [-0.2, -0.15) is 0 Å². The summed E-state index contributed by atoms with van der Waals surface area (Å²) in [7, 11) is 0. The molecule has 0 atom stereocenters. The van der Waals surface area contributed by atoms with Crippen molar-refractivity contribution in [2.45, 2.75) is 12.8 Å². The van der Waals surface area contributed by atoms with Crippen LogP contribution in [0.1, 0.15) is 12.0 Å². The minimum atomic E-state index is -0.377. The Balaban J connectivity index is 1.34. The largest absolute Gasteiger partial charge is 0.366 e. The molecule has 29 heavy (non-hydrogen) atoms. The molecule has 150 valence electrons. The maximum absolute atomic E-state index is 14.0. The van der Waals surface area contributed by atoms with Crippen molar-refractivity contribution in [1.29, 1.82) is 0 Å². The van der Waals surface area contributed by atoms with Gasteiger partial charge in [0.05, 0.1) is 5.69 Å². The summed E-state index contributed by atoms with van der Waals surface area (Å²) < 4.78 is 33.0. The van der Waals surface area contributed by atoms with Crippen molar-refractivity contribution in [3.8, 4) is 11.3 Å². The van der Waals surface area contributed by atoms with E-state index in [0.29, 0.717) is 55.1 Å². The third-order valence-corrected chi connectivity index (χ3v) is 5.21. The maximum Gasteiger partial charge on any atom is 0.223 e. The van der Waals surface area contributed by atoms with E-state index in [2.05, 4.69) is 5.16 Å². The number of benzene rings is 2. The zero-order valence-corrected chi connectivity index (χ0v) is 15.9. The molecule has 0 spiro atoms. The number of hydrogen-bond donors (Lipinski definition) is 0. The first-order chi connectivity index (χ1) is 14.1. The Morgan fingerprint density at radius 1 is 0.966 bits per heavy atom. The molecule has 1 amide bonds. The van der Waals surface area contributed by atoms with Crippen LogP contribution in [-0.2, 0) is 11.2 Å². The number of piperazine rings is 1. The van der Waals surface area contributed by atoms with Crippen LogP contribution in [-0.4, -0.2) is 42.1 Å². The highest BCUT2D eigenvalue weighted by Gasteiger charge is 2.23. The summed E-state index contributed by atoms with van der Waals surface area (Å²) in [5, 5.41) is 3.91. The molecular formula is C22H21F2N3O2. The molecule has 4 rings (SSSR count). The maximum atomic E-state index is 14.0. The predicted octanol–water partition coefficient (Wildman–Crippen LogP) is 3.90. The molecule has 1 aromatic heterocycles. The highest BCUT2D eigenvalue weighted by atomic mass is 19.1. The molecular weight excluding hydrogens is 376 g/mol. The van der Waals surface area contributed by atoms with Crippen molar-refractivity contribution in [2.75, 3.05) is 31.1 Å². The highest BCUT2D eigenvalue weighted by molar-refractivity contribution is 5.77. The monoisotopic (exact) mass is 397 g/mol. The second-order valence-corrected chi connectivity index (χ2v) is 6.99. The molecule has 2 heterocycles. The molecule has 1 aliphatic rings. The summed E-state index contributed by atoms with van der Waals surface area (Å²) in [4.78, 5) is 16.4. The molecule has 0 unspecified atom stereocenters. The zero-order valence-electron chi connectivity index (χ0n) is 15.9. The van der Waals surface area contributed by atoms with Gasteiger partial charge in [-0.3, -0.25) is 4.79 Å². The average Bonchev–Trinajstić information content (AvgIpc) is 3.21. The van der Waals surface area contributed by atoms with Crippen molar-refractivity contribution in [1.82, 2.24) is 10.1 Å². The summed E-state index contributed by atoms with van der Waals surface area (Å²) in [6, 6.07) is 13.0. The average molecular weight is 397 g/mol. The van der Waals surface area contributed by atoms with Gasteiger partial charge in [0.25, 0.3) is 0 Å². The fourth-order valence-corrected chi connectivity index (χ4v) is 3.61. The summed E-state index contributed by atoms with van der Waals surface area (Å²) >= 11 is 0. The molecule has 1 fully saturated rings. The number of aryl methyl sites for hydroxylation is 1. The second kappa shape index (κ2) is 8.43. The Morgan fingerprint density at radius 3 is 2.38 bits per heavy atom. The van der Waals surface area contributed by atoms with Crippen LogP contribution >= 0.6 is 0 Å². The highest BCUT2D eigenvalue weighted by Crippen LogP contribution is 2.26. The molecule has 0 saturated carbocycles. The van der Waals surface area contributed by atoms with E-state index in [1.807, 2.05) is 11.0 Å². The molecule has 1 aliphatic heterocycles. The number of aromatic nitrogens is 1. The number of carbonyl (C=O) groups is 1. The van der Waals surface area contributed by atoms with Gasteiger partial charge in [0.15, 0.2) is 0 Å². The van der Waals surface area contributed by atoms with E-state index >= 15 is 0 Å². The molecule has 3 aromatic rings. The van der Waals surface area contributed by atoms with Crippen molar-refractivity contribution < 1.29 is 18.1 Å². The number of rotatable bonds is 5. The fraction of sp³-hybridized carbons (Fsp3) is 0.273. The molecule has 5 nitrogen and oxygen atoms in total. The smallest absolute Gasteiger partial charge is 0.223 e. The third kappa shape index (κ3) is 4.13. The number of halogens is 2. The topological polar surface area (TPSA) is 49.6 Å². The molecule has 0 N–H and O–H groups in total. The van der Waals surface area contributed by atoms with E-state index in [-0.39, 0.29) is 24.0 Å². The quantitative estimate of drug-likeness (QED) is 0.655. The minimum Gasteiger partial charge on any atom is -0.366 e. The van der Waals surface area contributed by atoms with Crippen LogP contribution in [0, 0.1) is 11.6 Å². The van der Waals surface area contributed by atoms with Gasteiger partial charge < -0.3 is 14.3 Å². The molecule has 0 radical (unpaired) electrons. The first-order valence-corrected chi connectivity index (χ1v) is 9.59. The van der Waals surface area contributed by atoms with Crippen molar-refractivity contribution in [2.24, 2.45) is 0 Å². The summed E-state index contributed by atoms with van der Waals surface area (Å²) in [6.07, 6.45) is 2.16. The van der Waals surface area contributed by atoms with Crippen LogP contribution in [0.15, 0.2) is 59.3 Å². The van der Waals surface area contributed by atoms with Crippen LogP contribution in [0.2, 0.25) is 0 Å². The van der Waals surface area contributed by atoms with Crippen molar-refractivity contribution in [3.05, 3.63) is 72.0 Å². The van der Waals surface area contributed by atoms with Gasteiger partial charge in [0, 0.05) is 43.7 Å². The fourth-order valence-electron chi connectivity index (χ4n) is 3.61. The number of hydrogen-bond acceptors (Lipinski definition) is 4. The Bertz CT molecular complexity index is 997. The van der Waals surface area contributed by atoms with Gasteiger partial charge >= 0.3 is 0 Å². The Hall–Kier alpha value is -3.22. The van der Waals surface area contributed by atoms with E-state index in [0.717, 1.165) is 0 Å². The van der Waals surface area contributed by atoms with Crippen LogP contribution < -0.4 is 4.90 Å². The van der Waals surface area contributed by atoms with Gasteiger partial charge in [0.1, 0.15) is 23.6 Å². The molecule has 0 bridgehead atoms. The first-order valence-electron chi connectivity index (χ1n) is 9.59. The Labute approximate surface area is 167 Å².